The SMILES string of the molecule is C[CH2][Tm][Si](C)(C)C. The van der Waals surface area contributed by atoms with E-state index in [9.17, 15) is 0 Å². The van der Waals surface area contributed by atoms with Crippen molar-refractivity contribution < 1.29 is 32.0 Å². The standard InChI is InChI=1S/C3H9Si.C2H5.Tm/c1-4(2)3;1-2;/h1-3H3;1H2,2H3;. The van der Waals surface area contributed by atoms with Crippen molar-refractivity contribution in [1.82, 2.24) is 0 Å². The van der Waals surface area contributed by atoms with Crippen molar-refractivity contribution in [3.05, 3.63) is 0 Å². The molecule has 0 atom stereocenters. The molecule has 0 rings (SSSR count). The molecule has 0 amide bonds. The fourth-order valence-electron chi connectivity index (χ4n) is 0.294. The van der Waals surface area contributed by atoms with E-state index in [1.807, 2.05) is 0 Å². The Morgan fingerprint density at radius 2 is 1.71 bits per heavy atom. The molecule has 0 radical (unpaired) electrons. The van der Waals surface area contributed by atoms with Crippen LogP contribution >= 0.6 is 0 Å². The first-order chi connectivity index (χ1) is 3.06. The third-order valence-electron chi connectivity index (χ3n) is 0.392. The molecule has 0 nitrogen and oxygen atoms in total. The first-order valence-corrected chi connectivity index (χ1v) is 9.75. The van der Waals surface area contributed by atoms with Crippen molar-refractivity contribution in [3.8, 4) is 0 Å². The molecule has 0 aliphatic heterocycles. The summed E-state index contributed by atoms with van der Waals surface area (Å²) in [5, 5.41) is 0. The van der Waals surface area contributed by atoms with Crippen molar-refractivity contribution >= 4 is 3.37 Å². The molecule has 51 valence electrons. The molecule has 0 unspecified atom stereocenters. The molecule has 0 aromatic heterocycles. The number of hydrogen-bond acceptors (Lipinski definition) is 0. The monoisotopic (exact) mass is 271 g/mol. The van der Waals surface area contributed by atoms with Crippen LogP contribution in [0.2, 0.25) is 22.3 Å². The van der Waals surface area contributed by atoms with E-state index in [1.165, 1.54) is 2.64 Å². The van der Waals surface area contributed by atoms with Crippen LogP contribution in [0.3, 0.4) is 0 Å². The van der Waals surface area contributed by atoms with Gasteiger partial charge in [0.2, 0.25) is 0 Å². The summed E-state index contributed by atoms with van der Waals surface area (Å²) in [6.07, 6.45) is 0. The van der Waals surface area contributed by atoms with E-state index in [0.29, 0.717) is 0 Å². The molecule has 2 heteroatoms. The van der Waals surface area contributed by atoms with Gasteiger partial charge in [-0.3, -0.25) is 0 Å². The molecule has 0 bridgehead atoms. The Hall–Kier alpha value is 1.45. The second-order valence-electron chi connectivity index (χ2n) is 2.21. The Morgan fingerprint density at radius 1 is 1.29 bits per heavy atom. The van der Waals surface area contributed by atoms with Gasteiger partial charge in [-0.15, -0.1) is 0 Å². The van der Waals surface area contributed by atoms with Gasteiger partial charge in [0.25, 0.3) is 0 Å². The van der Waals surface area contributed by atoms with E-state index in [0.717, 1.165) is 32.0 Å². The second kappa shape index (κ2) is 3.47. The van der Waals surface area contributed by atoms with Crippen molar-refractivity contribution in [2.24, 2.45) is 0 Å². The predicted molar refractivity (Wildman–Crippen MR) is 33.8 cm³/mol. The summed E-state index contributed by atoms with van der Waals surface area (Å²) in [6.45, 7) is 9.63. The van der Waals surface area contributed by atoms with Crippen LogP contribution < -0.4 is 0 Å². The van der Waals surface area contributed by atoms with Gasteiger partial charge in [-0.1, -0.05) is 0 Å². The molecular formula is C5H14SiTm. The van der Waals surface area contributed by atoms with Crippen molar-refractivity contribution in [3.63, 3.8) is 0 Å². The summed E-state index contributed by atoms with van der Waals surface area (Å²) in [7, 11) is 0. The molecule has 0 heterocycles. The number of hydrogen-bond donors (Lipinski definition) is 0. The average Bonchev–Trinajstić information content (AvgIpc) is 1.30. The summed E-state index contributed by atoms with van der Waals surface area (Å²) < 4.78 is 0.852. The van der Waals surface area contributed by atoms with E-state index in [-0.39, 0.29) is 0 Å². The first kappa shape index (κ1) is 8.45. The molecular weight excluding hydrogens is 257 g/mol. The molecule has 0 saturated heterocycles. The fourth-order valence-corrected chi connectivity index (χ4v) is 6.54. The van der Waals surface area contributed by atoms with Crippen LogP contribution in [-0.4, -0.2) is 3.37 Å². The molecule has 0 saturated carbocycles. The van der Waals surface area contributed by atoms with Crippen LogP contribution in [0.5, 0.6) is 0 Å². The summed E-state index contributed by atoms with van der Waals surface area (Å²) >= 11 is 0.939. The van der Waals surface area contributed by atoms with Crippen LogP contribution in [0.4, 0.5) is 0 Å². The minimum absolute atomic E-state index is 0.588. The summed E-state index contributed by atoms with van der Waals surface area (Å²) in [4.78, 5) is 0. The maximum atomic E-state index is 2.44. The fraction of sp³-hybridized carbons (Fsp3) is 1.00. The van der Waals surface area contributed by atoms with Gasteiger partial charge >= 0.3 is 64.6 Å². The Kier molecular flexibility index (Phi) is 4.19. The molecule has 0 fully saturated rings. The van der Waals surface area contributed by atoms with Gasteiger partial charge in [0.1, 0.15) is 0 Å². The molecule has 0 aliphatic rings. The van der Waals surface area contributed by atoms with E-state index in [1.54, 1.807) is 0 Å². The van der Waals surface area contributed by atoms with Crippen molar-refractivity contribution in [2.45, 2.75) is 29.2 Å². The van der Waals surface area contributed by atoms with Crippen LogP contribution in [0.15, 0.2) is 0 Å². The van der Waals surface area contributed by atoms with Crippen molar-refractivity contribution in [1.29, 1.82) is 0 Å². The predicted octanol–water partition coefficient (Wildman–Crippen LogP) is 2.34. The normalized spacial score (nSPS) is 12.6. The molecule has 0 aliphatic carbocycles. The molecule has 0 aromatic rings. The van der Waals surface area contributed by atoms with E-state index in [4.69, 9.17) is 0 Å². The maximum absolute atomic E-state index is 2.44. The quantitative estimate of drug-likeness (QED) is 0.676. The summed E-state index contributed by atoms with van der Waals surface area (Å²) in [5.74, 6) is 0. The third kappa shape index (κ3) is 7.45. The van der Waals surface area contributed by atoms with Gasteiger partial charge in [-0.25, -0.2) is 0 Å². The molecule has 0 aromatic carbocycles. The van der Waals surface area contributed by atoms with E-state index >= 15 is 0 Å². The van der Waals surface area contributed by atoms with E-state index in [2.05, 4.69) is 26.6 Å². The topological polar surface area (TPSA) is 0 Å². The zero-order chi connectivity index (χ0) is 5.91. The Labute approximate surface area is 63.9 Å². The zero-order valence-corrected chi connectivity index (χ0v) is 8.26. The zero-order valence-electron chi connectivity index (χ0n) is 5.48. The summed E-state index contributed by atoms with van der Waals surface area (Å²) in [6, 6.07) is 0. The number of rotatable bonds is 2. The third-order valence-corrected chi connectivity index (χ3v) is 8.73. The Balaban J connectivity index is 3.15. The van der Waals surface area contributed by atoms with Gasteiger partial charge in [-0.2, -0.15) is 0 Å². The average molecular weight is 271 g/mol. The Morgan fingerprint density at radius 3 is 1.71 bits per heavy atom. The minimum atomic E-state index is -0.588. The van der Waals surface area contributed by atoms with Crippen molar-refractivity contribution in [2.75, 3.05) is 0 Å². The van der Waals surface area contributed by atoms with Gasteiger partial charge in [0.05, 0.1) is 0 Å². The van der Waals surface area contributed by atoms with Gasteiger partial charge in [0.15, 0.2) is 0 Å². The van der Waals surface area contributed by atoms with Gasteiger partial charge in [-0.05, 0) is 0 Å². The molecule has 0 N–H and O–H groups in total. The van der Waals surface area contributed by atoms with Crippen LogP contribution in [0, 0.1) is 32.0 Å². The summed E-state index contributed by atoms with van der Waals surface area (Å²) in [5.41, 5.74) is 0. The molecule has 0 spiro atoms. The van der Waals surface area contributed by atoms with Gasteiger partial charge < -0.3 is 0 Å². The van der Waals surface area contributed by atoms with Crippen LogP contribution in [0.1, 0.15) is 6.92 Å². The molecule has 7 heavy (non-hydrogen) atoms. The van der Waals surface area contributed by atoms with Gasteiger partial charge in [0, 0.05) is 0 Å². The Bertz CT molecular complexity index is 46.5. The second-order valence-corrected chi connectivity index (χ2v) is 17.4. The first-order valence-electron chi connectivity index (χ1n) is 2.54. The van der Waals surface area contributed by atoms with Crippen LogP contribution in [-0.2, 0) is 0 Å². The van der Waals surface area contributed by atoms with Crippen LogP contribution in [0.25, 0.3) is 0 Å². The van der Waals surface area contributed by atoms with E-state index < -0.39 is 3.37 Å².